The van der Waals surface area contributed by atoms with Crippen LogP contribution in [-0.2, 0) is 5.41 Å². The van der Waals surface area contributed by atoms with E-state index in [1.165, 1.54) is 0 Å². The van der Waals surface area contributed by atoms with Crippen LogP contribution in [0.2, 0.25) is 0 Å². The molecule has 0 heterocycles. The van der Waals surface area contributed by atoms with Gasteiger partial charge < -0.3 is 0 Å². The summed E-state index contributed by atoms with van der Waals surface area (Å²) in [6.07, 6.45) is 4.92. The first-order chi connectivity index (χ1) is 11.0. The van der Waals surface area contributed by atoms with Gasteiger partial charge in [0.15, 0.2) is 0 Å². The van der Waals surface area contributed by atoms with Crippen LogP contribution in [0, 0.1) is 45.3 Å². The largest absolute Gasteiger partial charge is 0.197 e. The Balaban J connectivity index is 2.25. The van der Waals surface area contributed by atoms with Crippen molar-refractivity contribution in [2.45, 2.75) is 31.1 Å². The quantitative estimate of drug-likeness (QED) is 0.732. The summed E-state index contributed by atoms with van der Waals surface area (Å²) in [5.74, 6) is -0.249. The van der Waals surface area contributed by atoms with Crippen LogP contribution in [0.25, 0.3) is 0 Å². The predicted molar refractivity (Wildman–Crippen MR) is 86.8 cm³/mol. The van der Waals surface area contributed by atoms with Crippen molar-refractivity contribution in [3.05, 3.63) is 59.7 Å². The molecule has 1 saturated carbocycles. The van der Waals surface area contributed by atoms with E-state index >= 15 is 0 Å². The van der Waals surface area contributed by atoms with Gasteiger partial charge in [-0.3, -0.25) is 0 Å². The van der Waals surface area contributed by atoms with Gasteiger partial charge in [0.25, 0.3) is 0 Å². The SMILES string of the molecule is C=C(C)[C@@H]1CC(C#N)(C#N)C[C@]12C=CC(C#N)c1ccccc12. The van der Waals surface area contributed by atoms with Crippen LogP contribution in [0.1, 0.15) is 36.8 Å². The molecule has 0 aromatic heterocycles. The molecule has 112 valence electrons. The molecule has 2 aliphatic carbocycles. The molecule has 1 spiro atoms. The average molecular weight is 299 g/mol. The molecule has 2 aliphatic rings. The van der Waals surface area contributed by atoms with Gasteiger partial charge >= 0.3 is 0 Å². The number of fused-ring (bicyclic) bond motifs is 2. The van der Waals surface area contributed by atoms with Crippen LogP contribution in [0.5, 0.6) is 0 Å². The summed E-state index contributed by atoms with van der Waals surface area (Å²) in [6, 6.07) is 14.7. The highest BCUT2D eigenvalue weighted by Crippen LogP contribution is 2.59. The summed E-state index contributed by atoms with van der Waals surface area (Å²) >= 11 is 0. The lowest BCUT2D eigenvalue weighted by Gasteiger charge is -2.38. The van der Waals surface area contributed by atoms with Gasteiger partial charge in [-0.2, -0.15) is 15.8 Å². The Morgan fingerprint density at radius 3 is 2.52 bits per heavy atom. The maximum atomic E-state index is 9.60. The van der Waals surface area contributed by atoms with Crippen LogP contribution < -0.4 is 0 Å². The van der Waals surface area contributed by atoms with Gasteiger partial charge in [0.2, 0.25) is 0 Å². The van der Waals surface area contributed by atoms with Crippen LogP contribution in [0.3, 0.4) is 0 Å². The van der Waals surface area contributed by atoms with Gasteiger partial charge in [0.05, 0.1) is 24.1 Å². The number of rotatable bonds is 1. The molecule has 1 fully saturated rings. The molecule has 0 radical (unpaired) electrons. The van der Waals surface area contributed by atoms with Crippen LogP contribution in [-0.4, -0.2) is 0 Å². The average Bonchev–Trinajstić information content (AvgIpc) is 2.92. The summed E-state index contributed by atoms with van der Waals surface area (Å²) in [5, 5.41) is 28.6. The minimum Gasteiger partial charge on any atom is -0.197 e. The van der Waals surface area contributed by atoms with E-state index in [4.69, 9.17) is 0 Å². The normalized spacial score (nSPS) is 30.0. The van der Waals surface area contributed by atoms with E-state index in [9.17, 15) is 15.8 Å². The number of benzene rings is 1. The summed E-state index contributed by atoms with van der Waals surface area (Å²) in [6.45, 7) is 6.08. The highest BCUT2D eigenvalue weighted by molar-refractivity contribution is 5.52. The predicted octanol–water partition coefficient (Wildman–Crippen LogP) is 4.12. The third-order valence-corrected chi connectivity index (χ3v) is 5.31. The summed E-state index contributed by atoms with van der Waals surface area (Å²) in [7, 11) is 0. The van der Waals surface area contributed by atoms with E-state index < -0.39 is 10.8 Å². The second kappa shape index (κ2) is 5.12. The smallest absolute Gasteiger partial charge is 0.145 e. The van der Waals surface area contributed by atoms with Crippen molar-refractivity contribution in [2.75, 3.05) is 0 Å². The Labute approximate surface area is 136 Å². The highest BCUT2D eigenvalue weighted by atomic mass is 14.6. The fourth-order valence-corrected chi connectivity index (χ4v) is 4.26. The van der Waals surface area contributed by atoms with Crippen molar-refractivity contribution >= 4 is 0 Å². The molecule has 23 heavy (non-hydrogen) atoms. The van der Waals surface area contributed by atoms with E-state index in [-0.39, 0.29) is 11.8 Å². The van der Waals surface area contributed by atoms with Crippen LogP contribution in [0.4, 0.5) is 0 Å². The fourth-order valence-electron chi connectivity index (χ4n) is 4.26. The van der Waals surface area contributed by atoms with Gasteiger partial charge in [-0.1, -0.05) is 48.6 Å². The van der Waals surface area contributed by atoms with Gasteiger partial charge in [-0.25, -0.2) is 0 Å². The minimum absolute atomic E-state index is 0.0267. The maximum absolute atomic E-state index is 9.60. The number of nitrogens with zero attached hydrogens (tertiary/aromatic N) is 3. The molecule has 0 saturated heterocycles. The summed E-state index contributed by atoms with van der Waals surface area (Å²) in [4.78, 5) is 0. The molecule has 1 unspecified atom stereocenters. The Morgan fingerprint density at radius 2 is 1.91 bits per heavy atom. The zero-order valence-corrected chi connectivity index (χ0v) is 13.1. The maximum Gasteiger partial charge on any atom is 0.145 e. The highest BCUT2D eigenvalue weighted by Gasteiger charge is 2.56. The lowest BCUT2D eigenvalue weighted by atomic mass is 9.64. The zero-order chi connectivity index (χ0) is 16.7. The van der Waals surface area contributed by atoms with E-state index in [2.05, 4.69) is 30.9 Å². The first kappa shape index (κ1) is 15.1. The lowest BCUT2D eigenvalue weighted by molar-refractivity contribution is 0.428. The van der Waals surface area contributed by atoms with E-state index in [1.54, 1.807) is 0 Å². The molecule has 1 aromatic carbocycles. The third kappa shape index (κ3) is 2.00. The molecule has 0 amide bonds. The van der Waals surface area contributed by atoms with Crippen molar-refractivity contribution in [3.63, 3.8) is 0 Å². The monoisotopic (exact) mass is 299 g/mol. The van der Waals surface area contributed by atoms with E-state index in [0.717, 1.165) is 16.7 Å². The van der Waals surface area contributed by atoms with Crippen LogP contribution in [0.15, 0.2) is 48.6 Å². The van der Waals surface area contributed by atoms with E-state index in [0.29, 0.717) is 12.8 Å². The molecular weight excluding hydrogens is 282 g/mol. The number of hydrogen-bond donors (Lipinski definition) is 0. The lowest BCUT2D eigenvalue weighted by Crippen LogP contribution is -2.33. The Morgan fingerprint density at radius 1 is 1.22 bits per heavy atom. The first-order valence-electron chi connectivity index (χ1n) is 7.68. The number of nitriles is 3. The molecular formula is C20H17N3. The fraction of sp³-hybridized carbons (Fsp3) is 0.350. The molecule has 3 nitrogen and oxygen atoms in total. The molecule has 3 rings (SSSR count). The Hall–Kier alpha value is -2.83. The minimum atomic E-state index is -0.999. The molecule has 0 N–H and O–H groups in total. The molecule has 3 heteroatoms. The van der Waals surface area contributed by atoms with Crippen molar-refractivity contribution < 1.29 is 0 Å². The number of allylic oxidation sites excluding steroid dienone is 3. The van der Waals surface area contributed by atoms with Crippen molar-refractivity contribution in [1.82, 2.24) is 0 Å². The van der Waals surface area contributed by atoms with Gasteiger partial charge in [0, 0.05) is 5.41 Å². The van der Waals surface area contributed by atoms with Crippen molar-refractivity contribution in [3.8, 4) is 18.2 Å². The topological polar surface area (TPSA) is 71.4 Å². The number of hydrogen-bond acceptors (Lipinski definition) is 3. The van der Waals surface area contributed by atoms with Crippen LogP contribution >= 0.6 is 0 Å². The Bertz CT molecular complexity index is 814. The molecule has 3 atom stereocenters. The Kier molecular flexibility index (Phi) is 3.35. The van der Waals surface area contributed by atoms with E-state index in [1.807, 2.05) is 37.3 Å². The molecule has 1 aromatic rings. The standard InChI is InChI=1S/C20H17N3/c1-14(2)18-9-19(12-22,13-23)11-20(18)8-7-15(10-21)16-5-3-4-6-17(16)20/h3-8,15,18H,1,9,11H2,2H3/t15?,18-,20-/m0/s1. The molecule has 0 aliphatic heterocycles. The second-order valence-corrected chi connectivity index (χ2v) is 6.68. The first-order valence-corrected chi connectivity index (χ1v) is 7.68. The van der Waals surface area contributed by atoms with Gasteiger partial charge in [-0.05, 0) is 36.8 Å². The summed E-state index contributed by atoms with van der Waals surface area (Å²) in [5.41, 5.74) is 1.61. The van der Waals surface area contributed by atoms with Gasteiger partial charge in [0.1, 0.15) is 5.41 Å². The summed E-state index contributed by atoms with van der Waals surface area (Å²) < 4.78 is 0. The van der Waals surface area contributed by atoms with Crippen molar-refractivity contribution in [2.24, 2.45) is 11.3 Å². The van der Waals surface area contributed by atoms with Crippen molar-refractivity contribution in [1.29, 1.82) is 15.8 Å². The molecule has 0 bridgehead atoms. The zero-order valence-electron chi connectivity index (χ0n) is 13.1. The van der Waals surface area contributed by atoms with Gasteiger partial charge in [-0.15, -0.1) is 0 Å². The third-order valence-electron chi connectivity index (χ3n) is 5.31. The second-order valence-electron chi connectivity index (χ2n) is 6.68.